The highest BCUT2D eigenvalue weighted by atomic mass is 16.3. The molecule has 1 aliphatic carbocycles. The van der Waals surface area contributed by atoms with Crippen molar-refractivity contribution in [2.45, 2.75) is 95.9 Å². The lowest BCUT2D eigenvalue weighted by atomic mass is 9.81. The topological polar surface area (TPSA) is 52.5 Å². The Labute approximate surface area is 112 Å². The van der Waals surface area contributed by atoms with E-state index in [0.29, 0.717) is 0 Å². The van der Waals surface area contributed by atoms with Gasteiger partial charge in [-0.1, -0.05) is 19.3 Å². The molecule has 0 unspecified atom stereocenters. The van der Waals surface area contributed by atoms with Crippen LogP contribution >= 0.6 is 0 Å². The second-order valence-corrected chi connectivity index (χ2v) is 7.25. The van der Waals surface area contributed by atoms with Crippen LogP contribution in [0.1, 0.15) is 72.6 Å². The first-order valence-corrected chi connectivity index (χ1v) is 7.36. The minimum atomic E-state index is -0.138. The second kappa shape index (κ2) is 6.36. The van der Waals surface area contributed by atoms with Crippen LogP contribution in [0, 0.1) is 0 Å². The van der Waals surface area contributed by atoms with Crippen LogP contribution in [0.25, 0.3) is 0 Å². The van der Waals surface area contributed by atoms with Crippen molar-refractivity contribution >= 4 is 0 Å². The van der Waals surface area contributed by atoms with Gasteiger partial charge in [-0.05, 0) is 53.4 Å². The van der Waals surface area contributed by atoms with E-state index in [9.17, 15) is 5.11 Å². The van der Waals surface area contributed by atoms with Crippen molar-refractivity contribution < 1.29 is 10.2 Å². The number of rotatable bonds is 0. The molecule has 0 bridgehead atoms. The number of aliphatic hydroxyl groups excluding tert-OH is 2. The van der Waals surface area contributed by atoms with Gasteiger partial charge in [0.15, 0.2) is 0 Å². The Morgan fingerprint density at radius 2 is 1.22 bits per heavy atom. The van der Waals surface area contributed by atoms with Gasteiger partial charge < -0.3 is 15.5 Å². The molecule has 0 aromatic heterocycles. The van der Waals surface area contributed by atoms with Crippen molar-refractivity contribution in [1.82, 2.24) is 5.32 Å². The maximum absolute atomic E-state index is 9.54. The molecule has 108 valence electrons. The molecule has 0 spiro atoms. The van der Waals surface area contributed by atoms with Crippen molar-refractivity contribution in [3.05, 3.63) is 0 Å². The minimum absolute atomic E-state index is 0.0359. The summed E-state index contributed by atoms with van der Waals surface area (Å²) in [6.07, 6.45) is 7.50. The van der Waals surface area contributed by atoms with E-state index in [4.69, 9.17) is 5.11 Å². The van der Waals surface area contributed by atoms with E-state index >= 15 is 0 Å². The highest BCUT2D eigenvalue weighted by Crippen LogP contribution is 2.27. The summed E-state index contributed by atoms with van der Waals surface area (Å²) in [7, 11) is 0. The van der Waals surface area contributed by atoms with Gasteiger partial charge in [-0.3, -0.25) is 0 Å². The lowest BCUT2D eigenvalue weighted by Crippen LogP contribution is -2.59. The summed E-state index contributed by atoms with van der Waals surface area (Å²) in [6, 6.07) is 0. The van der Waals surface area contributed by atoms with Crippen LogP contribution < -0.4 is 5.32 Å². The van der Waals surface area contributed by atoms with Gasteiger partial charge in [-0.15, -0.1) is 0 Å². The van der Waals surface area contributed by atoms with Crippen LogP contribution in [0.15, 0.2) is 0 Å². The zero-order valence-corrected chi connectivity index (χ0v) is 12.5. The summed E-state index contributed by atoms with van der Waals surface area (Å²) in [5, 5.41) is 22.0. The van der Waals surface area contributed by atoms with Gasteiger partial charge in [0.2, 0.25) is 0 Å². The number of hydrogen-bond donors (Lipinski definition) is 3. The fourth-order valence-corrected chi connectivity index (χ4v) is 3.35. The molecule has 1 saturated carbocycles. The Kier molecular flexibility index (Phi) is 5.63. The smallest absolute Gasteiger partial charge is 0.0575 e. The third-order valence-corrected chi connectivity index (χ3v) is 3.74. The Hall–Kier alpha value is -0.120. The molecular weight excluding hydrogens is 226 g/mol. The number of hydrogen-bond acceptors (Lipinski definition) is 3. The Morgan fingerprint density at radius 1 is 0.778 bits per heavy atom. The van der Waals surface area contributed by atoms with Crippen LogP contribution in [-0.2, 0) is 0 Å². The van der Waals surface area contributed by atoms with Crippen molar-refractivity contribution in [3.8, 4) is 0 Å². The lowest BCUT2D eigenvalue weighted by molar-refractivity contribution is 0.0396. The van der Waals surface area contributed by atoms with E-state index in [1.165, 1.54) is 19.3 Å². The Bertz CT molecular complexity index is 229. The third-order valence-electron chi connectivity index (χ3n) is 3.74. The molecule has 0 aromatic carbocycles. The van der Waals surface area contributed by atoms with Crippen LogP contribution in [0.3, 0.4) is 0 Å². The number of aliphatic hydroxyl groups is 2. The summed E-state index contributed by atoms with van der Waals surface area (Å²) < 4.78 is 0. The molecule has 18 heavy (non-hydrogen) atoms. The Morgan fingerprint density at radius 3 is 1.50 bits per heavy atom. The third kappa shape index (κ3) is 6.17. The average Bonchev–Trinajstić information content (AvgIpc) is 2.13. The molecule has 2 rings (SSSR count). The fourth-order valence-electron chi connectivity index (χ4n) is 3.35. The van der Waals surface area contributed by atoms with Gasteiger partial charge in [0.05, 0.1) is 12.2 Å². The van der Waals surface area contributed by atoms with Crippen LogP contribution in [0.4, 0.5) is 0 Å². The SMILES string of the molecule is CC1(C)CC(O)CC(C)(C)N1.OC1CCCCC1. The summed E-state index contributed by atoms with van der Waals surface area (Å²) in [5.41, 5.74) is 0.169. The molecule has 1 saturated heterocycles. The molecule has 0 radical (unpaired) electrons. The zero-order valence-electron chi connectivity index (χ0n) is 12.5. The van der Waals surface area contributed by atoms with Crippen molar-refractivity contribution in [2.75, 3.05) is 0 Å². The van der Waals surface area contributed by atoms with Crippen molar-refractivity contribution in [3.63, 3.8) is 0 Å². The molecule has 3 heteroatoms. The Balaban J connectivity index is 0.000000199. The first-order chi connectivity index (χ1) is 8.20. The van der Waals surface area contributed by atoms with Crippen LogP contribution in [0.2, 0.25) is 0 Å². The molecule has 1 aliphatic heterocycles. The summed E-state index contributed by atoms with van der Waals surface area (Å²) in [5.74, 6) is 0. The average molecular weight is 257 g/mol. The highest BCUT2D eigenvalue weighted by Gasteiger charge is 2.36. The molecule has 3 N–H and O–H groups in total. The molecule has 0 atom stereocenters. The van der Waals surface area contributed by atoms with E-state index in [1.807, 2.05) is 0 Å². The summed E-state index contributed by atoms with van der Waals surface area (Å²) in [4.78, 5) is 0. The largest absolute Gasteiger partial charge is 0.393 e. The standard InChI is InChI=1S/C9H19NO.C6H12O/c1-8(2)5-7(11)6-9(3,4)10-8;7-6-4-2-1-3-5-6/h7,10-11H,5-6H2,1-4H3;6-7H,1-5H2. The maximum Gasteiger partial charge on any atom is 0.0575 e. The monoisotopic (exact) mass is 257 g/mol. The van der Waals surface area contributed by atoms with Gasteiger partial charge in [0, 0.05) is 11.1 Å². The molecule has 3 nitrogen and oxygen atoms in total. The van der Waals surface area contributed by atoms with E-state index in [1.54, 1.807) is 0 Å². The van der Waals surface area contributed by atoms with Crippen LogP contribution in [0.5, 0.6) is 0 Å². The normalized spacial score (nSPS) is 28.3. The highest BCUT2D eigenvalue weighted by molar-refractivity contribution is 4.96. The lowest BCUT2D eigenvalue weighted by Gasteiger charge is -2.44. The summed E-state index contributed by atoms with van der Waals surface area (Å²) in [6.45, 7) is 8.54. The van der Waals surface area contributed by atoms with E-state index in [-0.39, 0.29) is 23.3 Å². The van der Waals surface area contributed by atoms with Crippen molar-refractivity contribution in [1.29, 1.82) is 0 Å². The predicted octanol–water partition coefficient (Wildman–Crippen LogP) is 2.60. The minimum Gasteiger partial charge on any atom is -0.393 e. The molecule has 1 heterocycles. The first-order valence-electron chi connectivity index (χ1n) is 7.36. The quantitative estimate of drug-likeness (QED) is 0.625. The molecule has 2 aliphatic rings. The summed E-state index contributed by atoms with van der Waals surface area (Å²) >= 11 is 0. The predicted molar refractivity (Wildman–Crippen MR) is 75.6 cm³/mol. The van der Waals surface area contributed by atoms with Crippen LogP contribution in [-0.4, -0.2) is 33.5 Å². The van der Waals surface area contributed by atoms with Gasteiger partial charge >= 0.3 is 0 Å². The van der Waals surface area contributed by atoms with Gasteiger partial charge in [-0.25, -0.2) is 0 Å². The fraction of sp³-hybridized carbons (Fsp3) is 1.00. The molecule has 0 aromatic rings. The van der Waals surface area contributed by atoms with Gasteiger partial charge in [0.25, 0.3) is 0 Å². The molecule has 0 amide bonds. The van der Waals surface area contributed by atoms with E-state index in [0.717, 1.165) is 25.7 Å². The van der Waals surface area contributed by atoms with E-state index in [2.05, 4.69) is 33.0 Å². The van der Waals surface area contributed by atoms with Gasteiger partial charge in [-0.2, -0.15) is 0 Å². The van der Waals surface area contributed by atoms with E-state index < -0.39 is 0 Å². The van der Waals surface area contributed by atoms with Crippen molar-refractivity contribution in [2.24, 2.45) is 0 Å². The van der Waals surface area contributed by atoms with Gasteiger partial charge in [0.1, 0.15) is 0 Å². The second-order valence-electron chi connectivity index (χ2n) is 7.25. The molecule has 2 fully saturated rings. The number of piperidine rings is 1. The number of nitrogens with one attached hydrogen (secondary N) is 1. The molecular formula is C15H31NO2. The zero-order chi connectivity index (χ0) is 13.8. The maximum atomic E-state index is 9.54. The first kappa shape index (κ1) is 15.9.